The number of rotatable bonds is 0. The van der Waals surface area contributed by atoms with Gasteiger partial charge in [-0.3, -0.25) is 9.79 Å². The van der Waals surface area contributed by atoms with Crippen LogP contribution in [0.4, 0.5) is 0 Å². The Hall–Kier alpha value is -1.44. The van der Waals surface area contributed by atoms with Gasteiger partial charge in [0.2, 0.25) is 0 Å². The molecule has 0 spiro atoms. The Morgan fingerprint density at radius 3 is 2.75 bits per heavy atom. The first kappa shape index (κ1) is 7.22. The Morgan fingerprint density at radius 2 is 2.08 bits per heavy atom. The molecular formula is C10H9NO. The predicted molar refractivity (Wildman–Crippen MR) is 48.0 cm³/mol. The maximum absolute atomic E-state index is 11.4. The minimum Gasteiger partial charge on any atom is -0.289 e. The molecule has 2 aliphatic rings. The van der Waals surface area contributed by atoms with Gasteiger partial charge in [0.1, 0.15) is 0 Å². The molecule has 1 aliphatic heterocycles. The van der Waals surface area contributed by atoms with E-state index in [-0.39, 0.29) is 5.78 Å². The van der Waals surface area contributed by atoms with Crippen molar-refractivity contribution in [1.82, 2.24) is 0 Å². The monoisotopic (exact) mass is 159 g/mol. The molecule has 12 heavy (non-hydrogen) atoms. The van der Waals surface area contributed by atoms with Crippen molar-refractivity contribution in [3.8, 4) is 0 Å². The molecule has 1 heterocycles. The number of ketones is 1. The summed E-state index contributed by atoms with van der Waals surface area (Å²) in [4.78, 5) is 15.6. The molecule has 2 nitrogen and oxygen atoms in total. The Bertz CT molecular complexity index is 381. The number of hydrogen-bond donors (Lipinski definition) is 0. The molecule has 2 rings (SSSR count). The lowest BCUT2D eigenvalue weighted by molar-refractivity contribution is -0.111. The van der Waals surface area contributed by atoms with Crippen LogP contribution < -0.4 is 0 Å². The number of carbonyl (C=O) groups is 1. The number of hydrogen-bond acceptors (Lipinski definition) is 2. The maximum atomic E-state index is 11.4. The van der Waals surface area contributed by atoms with E-state index >= 15 is 0 Å². The smallest absolute Gasteiger partial charge is 0.188 e. The summed E-state index contributed by atoms with van der Waals surface area (Å²) in [5, 5.41) is 0. The molecule has 0 N–H and O–H groups in total. The lowest BCUT2D eigenvalue weighted by Crippen LogP contribution is -2.03. The Kier molecular flexibility index (Phi) is 1.37. The van der Waals surface area contributed by atoms with Crippen LogP contribution in [0.15, 0.2) is 40.1 Å². The predicted octanol–water partition coefficient (Wildman–Crippen LogP) is 1.80. The maximum Gasteiger partial charge on any atom is 0.188 e. The van der Waals surface area contributed by atoms with Crippen molar-refractivity contribution >= 4 is 11.5 Å². The zero-order valence-electron chi connectivity index (χ0n) is 7.09. The lowest BCUT2D eigenvalue weighted by atomic mass is 9.99. The molecule has 0 saturated carbocycles. The highest BCUT2D eigenvalue weighted by atomic mass is 16.1. The van der Waals surface area contributed by atoms with Gasteiger partial charge in [-0.2, -0.15) is 0 Å². The van der Waals surface area contributed by atoms with Crippen LogP contribution in [0, 0.1) is 0 Å². The largest absolute Gasteiger partial charge is 0.289 e. The van der Waals surface area contributed by atoms with Crippen LogP contribution in [0.1, 0.15) is 13.8 Å². The van der Waals surface area contributed by atoms with Crippen molar-refractivity contribution in [2.24, 2.45) is 4.99 Å². The van der Waals surface area contributed by atoms with E-state index in [1.54, 1.807) is 12.2 Å². The molecule has 0 unspecified atom stereocenters. The topological polar surface area (TPSA) is 29.4 Å². The molecule has 0 radical (unpaired) electrons. The van der Waals surface area contributed by atoms with E-state index in [2.05, 4.69) is 4.99 Å². The molecule has 0 bridgehead atoms. The van der Waals surface area contributed by atoms with Gasteiger partial charge in [-0.25, -0.2) is 0 Å². The van der Waals surface area contributed by atoms with E-state index < -0.39 is 0 Å². The Labute approximate surface area is 71.0 Å². The van der Waals surface area contributed by atoms with Crippen LogP contribution in [0.2, 0.25) is 0 Å². The molecule has 0 amide bonds. The van der Waals surface area contributed by atoms with Gasteiger partial charge in [0.15, 0.2) is 5.78 Å². The molecule has 0 fully saturated rings. The average molecular weight is 159 g/mol. The molecular weight excluding hydrogens is 150 g/mol. The summed E-state index contributed by atoms with van der Waals surface area (Å²) in [6.45, 7) is 3.86. The van der Waals surface area contributed by atoms with Crippen molar-refractivity contribution in [2.75, 3.05) is 0 Å². The molecule has 0 aromatic heterocycles. The van der Waals surface area contributed by atoms with Gasteiger partial charge in [0, 0.05) is 5.71 Å². The van der Waals surface area contributed by atoms with Crippen molar-refractivity contribution in [2.45, 2.75) is 13.8 Å². The number of carbonyl (C=O) groups excluding carboxylic acids is 1. The van der Waals surface area contributed by atoms with Gasteiger partial charge in [-0.15, -0.1) is 0 Å². The minimum absolute atomic E-state index is 0.0746. The van der Waals surface area contributed by atoms with E-state index in [4.69, 9.17) is 0 Å². The first-order chi connectivity index (χ1) is 5.70. The van der Waals surface area contributed by atoms with E-state index in [1.165, 1.54) is 0 Å². The van der Waals surface area contributed by atoms with Gasteiger partial charge in [0.05, 0.1) is 11.3 Å². The van der Waals surface area contributed by atoms with Gasteiger partial charge in [-0.05, 0) is 31.6 Å². The van der Waals surface area contributed by atoms with Crippen LogP contribution in [0.25, 0.3) is 0 Å². The van der Waals surface area contributed by atoms with Gasteiger partial charge >= 0.3 is 0 Å². The van der Waals surface area contributed by atoms with Crippen molar-refractivity contribution in [1.29, 1.82) is 0 Å². The highest BCUT2D eigenvalue weighted by Crippen LogP contribution is 2.28. The normalized spacial score (nSPS) is 21.0. The zero-order chi connectivity index (χ0) is 8.72. The van der Waals surface area contributed by atoms with E-state index in [0.717, 1.165) is 22.6 Å². The quantitative estimate of drug-likeness (QED) is 0.530. The second-order valence-electron chi connectivity index (χ2n) is 2.97. The molecule has 0 aromatic rings. The number of allylic oxidation sites excluding steroid dienone is 5. The number of aliphatic imine (C=N–C) groups is 1. The lowest BCUT2D eigenvalue weighted by Gasteiger charge is -2.03. The zero-order valence-corrected chi connectivity index (χ0v) is 7.09. The van der Waals surface area contributed by atoms with Gasteiger partial charge in [-0.1, -0.05) is 6.08 Å². The fourth-order valence-corrected chi connectivity index (χ4v) is 1.44. The van der Waals surface area contributed by atoms with Crippen LogP contribution in [-0.2, 0) is 4.79 Å². The fraction of sp³-hybridized carbons (Fsp3) is 0.200. The van der Waals surface area contributed by atoms with Crippen LogP contribution in [0.5, 0.6) is 0 Å². The summed E-state index contributed by atoms with van der Waals surface area (Å²) in [7, 11) is 0. The van der Waals surface area contributed by atoms with Crippen LogP contribution in [-0.4, -0.2) is 11.5 Å². The molecule has 1 aliphatic carbocycles. The SMILES string of the molecule is CC1=NC2=CC=CC(=O)C2=C1C. The summed E-state index contributed by atoms with van der Waals surface area (Å²) in [5.74, 6) is 0.0746. The minimum atomic E-state index is 0.0746. The molecule has 0 atom stereocenters. The first-order valence-electron chi connectivity index (χ1n) is 3.90. The second kappa shape index (κ2) is 2.27. The van der Waals surface area contributed by atoms with Gasteiger partial charge in [0.25, 0.3) is 0 Å². The highest BCUT2D eigenvalue weighted by molar-refractivity contribution is 6.18. The average Bonchev–Trinajstić information content (AvgIpc) is 2.29. The van der Waals surface area contributed by atoms with Crippen molar-refractivity contribution in [3.63, 3.8) is 0 Å². The Balaban J connectivity index is 2.63. The molecule has 2 heteroatoms. The summed E-state index contributed by atoms with van der Waals surface area (Å²) in [5.41, 5.74) is 3.55. The van der Waals surface area contributed by atoms with Crippen molar-refractivity contribution in [3.05, 3.63) is 35.1 Å². The second-order valence-corrected chi connectivity index (χ2v) is 2.97. The van der Waals surface area contributed by atoms with E-state index in [0.29, 0.717) is 0 Å². The number of nitrogens with zero attached hydrogens (tertiary/aromatic N) is 1. The summed E-state index contributed by atoms with van der Waals surface area (Å²) < 4.78 is 0. The van der Waals surface area contributed by atoms with Crippen molar-refractivity contribution < 1.29 is 4.79 Å². The summed E-state index contributed by atoms with van der Waals surface area (Å²) in [6.07, 6.45) is 5.20. The highest BCUT2D eigenvalue weighted by Gasteiger charge is 2.23. The third-order valence-electron chi connectivity index (χ3n) is 2.21. The first-order valence-corrected chi connectivity index (χ1v) is 3.90. The summed E-state index contributed by atoms with van der Waals surface area (Å²) >= 11 is 0. The fourth-order valence-electron chi connectivity index (χ4n) is 1.44. The summed E-state index contributed by atoms with van der Waals surface area (Å²) in [6, 6.07) is 0. The standard InChI is InChI=1S/C10H9NO/c1-6-7(2)11-8-4-3-5-9(12)10(6)8/h3-5H,1-2H3. The third-order valence-corrected chi connectivity index (χ3v) is 2.21. The van der Waals surface area contributed by atoms with Crippen LogP contribution in [0.3, 0.4) is 0 Å². The molecule has 0 aromatic carbocycles. The molecule has 60 valence electrons. The number of fused-ring (bicyclic) bond motifs is 1. The van der Waals surface area contributed by atoms with Crippen LogP contribution >= 0.6 is 0 Å². The Morgan fingerprint density at radius 1 is 1.33 bits per heavy atom. The van der Waals surface area contributed by atoms with E-state index in [9.17, 15) is 4.79 Å². The molecule has 0 saturated heterocycles. The van der Waals surface area contributed by atoms with Gasteiger partial charge < -0.3 is 0 Å². The third kappa shape index (κ3) is 0.811. The van der Waals surface area contributed by atoms with E-state index in [1.807, 2.05) is 19.9 Å².